The van der Waals surface area contributed by atoms with Crippen molar-refractivity contribution in [2.45, 2.75) is 57.3 Å². The molecule has 0 aromatic heterocycles. The van der Waals surface area contributed by atoms with E-state index in [1.807, 2.05) is 36.4 Å². The van der Waals surface area contributed by atoms with Crippen LogP contribution in [0, 0.1) is 0 Å². The smallest absolute Gasteiger partial charge is 0.243 e. The maximum absolute atomic E-state index is 13.6. The largest absolute Gasteiger partial charge is 0.289 e. The second kappa shape index (κ2) is 10.5. The summed E-state index contributed by atoms with van der Waals surface area (Å²) in [6.07, 6.45) is 3.63. The lowest BCUT2D eigenvalue weighted by Gasteiger charge is -2.29. The summed E-state index contributed by atoms with van der Waals surface area (Å²) in [6.45, 7) is 13.0. The number of ketones is 1. The van der Waals surface area contributed by atoms with Gasteiger partial charge in [0.2, 0.25) is 10.0 Å². The van der Waals surface area contributed by atoms with Crippen molar-refractivity contribution in [1.29, 1.82) is 0 Å². The van der Waals surface area contributed by atoms with E-state index in [0.29, 0.717) is 11.1 Å². The van der Waals surface area contributed by atoms with Crippen molar-refractivity contribution in [3.63, 3.8) is 0 Å². The summed E-state index contributed by atoms with van der Waals surface area (Å²) >= 11 is 0. The first-order valence-electron chi connectivity index (χ1n) is 13.0. The molecule has 3 aromatic rings. The minimum atomic E-state index is -3.79. The number of hydrogen-bond donors (Lipinski definition) is 0. The molecule has 5 heteroatoms. The van der Waals surface area contributed by atoms with E-state index in [1.165, 1.54) is 15.4 Å². The van der Waals surface area contributed by atoms with E-state index in [2.05, 4.69) is 65.8 Å². The average molecular weight is 528 g/mol. The Morgan fingerprint density at radius 3 is 1.39 bits per heavy atom. The SMILES string of the molecule is CC(C)(C)c1ccc(/C=C2/CN(S(=O)(=O)c3ccccc3)C/C(=C\c3ccc(C(C)(C)C)cc3)C2=O)cc1. The Morgan fingerprint density at radius 2 is 1.03 bits per heavy atom. The van der Waals surface area contributed by atoms with Gasteiger partial charge in [-0.05, 0) is 57.4 Å². The molecule has 0 amide bonds. The van der Waals surface area contributed by atoms with E-state index < -0.39 is 10.0 Å². The molecule has 0 saturated carbocycles. The number of piperidine rings is 1. The molecular formula is C33H37NO3S. The van der Waals surface area contributed by atoms with Crippen LogP contribution in [0.2, 0.25) is 0 Å². The van der Waals surface area contributed by atoms with Gasteiger partial charge < -0.3 is 0 Å². The highest BCUT2D eigenvalue weighted by Gasteiger charge is 2.34. The minimum Gasteiger partial charge on any atom is -0.289 e. The van der Waals surface area contributed by atoms with Crippen molar-refractivity contribution < 1.29 is 13.2 Å². The summed E-state index contributed by atoms with van der Waals surface area (Å²) in [5.74, 6) is -0.121. The fraction of sp³-hybridized carbons (Fsp3) is 0.303. The molecule has 1 aliphatic heterocycles. The van der Waals surface area contributed by atoms with Gasteiger partial charge in [-0.2, -0.15) is 4.31 Å². The Morgan fingerprint density at radius 1 is 0.632 bits per heavy atom. The molecule has 1 aliphatic rings. The van der Waals surface area contributed by atoms with Crippen LogP contribution in [0.5, 0.6) is 0 Å². The fourth-order valence-corrected chi connectivity index (χ4v) is 5.90. The average Bonchev–Trinajstić information content (AvgIpc) is 2.86. The highest BCUT2D eigenvalue weighted by molar-refractivity contribution is 7.89. The quantitative estimate of drug-likeness (QED) is 0.343. The number of Topliss-reactive ketones (excluding diaryl/α,β-unsaturated/α-hetero) is 1. The number of sulfonamides is 1. The van der Waals surface area contributed by atoms with Crippen molar-refractivity contribution in [3.8, 4) is 0 Å². The predicted octanol–water partition coefficient (Wildman–Crippen LogP) is 7.02. The van der Waals surface area contributed by atoms with Gasteiger partial charge in [0.1, 0.15) is 0 Å². The van der Waals surface area contributed by atoms with Crippen LogP contribution in [-0.2, 0) is 25.6 Å². The summed E-state index contributed by atoms with van der Waals surface area (Å²) in [6, 6.07) is 24.6. The number of rotatable bonds is 4. The zero-order chi connectivity index (χ0) is 27.7. The Balaban J connectivity index is 1.75. The van der Waals surface area contributed by atoms with Crippen molar-refractivity contribution in [3.05, 3.63) is 112 Å². The minimum absolute atomic E-state index is 0.0192. The number of carbonyl (C=O) groups excluding carboxylic acids is 1. The second-order valence-corrected chi connectivity index (χ2v) is 13.9. The maximum atomic E-state index is 13.6. The van der Waals surface area contributed by atoms with E-state index >= 15 is 0 Å². The third-order valence-electron chi connectivity index (χ3n) is 6.89. The zero-order valence-electron chi connectivity index (χ0n) is 23.2. The molecule has 0 N–H and O–H groups in total. The first-order valence-corrected chi connectivity index (χ1v) is 14.4. The molecule has 4 nitrogen and oxygen atoms in total. The lowest BCUT2D eigenvalue weighted by Crippen LogP contribution is -2.41. The van der Waals surface area contributed by atoms with Crippen LogP contribution in [0.15, 0.2) is 94.9 Å². The summed E-state index contributed by atoms with van der Waals surface area (Å²) in [7, 11) is -3.79. The van der Waals surface area contributed by atoms with Gasteiger partial charge in [-0.1, -0.05) is 108 Å². The van der Waals surface area contributed by atoms with Crippen molar-refractivity contribution in [2.75, 3.05) is 13.1 Å². The molecule has 1 heterocycles. The van der Waals surface area contributed by atoms with Gasteiger partial charge in [0.05, 0.1) is 4.90 Å². The first kappa shape index (κ1) is 27.7. The lowest BCUT2D eigenvalue weighted by molar-refractivity contribution is -0.113. The number of benzene rings is 3. The summed E-state index contributed by atoms with van der Waals surface area (Å²) in [5.41, 5.74) is 5.08. The van der Waals surface area contributed by atoms with Gasteiger partial charge in [-0.3, -0.25) is 4.79 Å². The third-order valence-corrected chi connectivity index (χ3v) is 8.70. The number of nitrogens with zero attached hydrogens (tertiary/aromatic N) is 1. The molecule has 0 radical (unpaired) electrons. The van der Waals surface area contributed by atoms with E-state index in [9.17, 15) is 13.2 Å². The predicted molar refractivity (Wildman–Crippen MR) is 156 cm³/mol. The number of hydrogen-bond acceptors (Lipinski definition) is 3. The molecule has 1 saturated heterocycles. The van der Waals surface area contributed by atoms with E-state index in [0.717, 1.165) is 11.1 Å². The van der Waals surface area contributed by atoms with E-state index in [-0.39, 0.29) is 34.6 Å². The van der Waals surface area contributed by atoms with Gasteiger partial charge in [-0.25, -0.2) is 8.42 Å². The van der Waals surface area contributed by atoms with Gasteiger partial charge in [0, 0.05) is 24.2 Å². The molecule has 198 valence electrons. The summed E-state index contributed by atoms with van der Waals surface area (Å²) in [5, 5.41) is 0. The van der Waals surface area contributed by atoms with Gasteiger partial charge in [0.25, 0.3) is 0 Å². The number of carbonyl (C=O) groups is 1. The third kappa shape index (κ3) is 6.23. The molecular weight excluding hydrogens is 490 g/mol. The Bertz CT molecular complexity index is 1390. The zero-order valence-corrected chi connectivity index (χ0v) is 24.0. The van der Waals surface area contributed by atoms with Crippen LogP contribution < -0.4 is 0 Å². The van der Waals surface area contributed by atoms with Crippen molar-refractivity contribution in [1.82, 2.24) is 4.31 Å². The molecule has 0 aliphatic carbocycles. The van der Waals surface area contributed by atoms with Crippen LogP contribution >= 0.6 is 0 Å². The summed E-state index contributed by atoms with van der Waals surface area (Å²) in [4.78, 5) is 13.9. The van der Waals surface area contributed by atoms with E-state index in [4.69, 9.17) is 0 Å². The molecule has 1 fully saturated rings. The molecule has 0 bridgehead atoms. The van der Waals surface area contributed by atoms with Crippen molar-refractivity contribution in [2.24, 2.45) is 0 Å². The monoisotopic (exact) mass is 527 g/mol. The standard InChI is InChI=1S/C33H37NO3S/c1-32(2,3)28-16-12-24(13-17-28)20-26-22-34(38(36,37)30-10-8-7-9-11-30)23-27(31(26)35)21-25-14-18-29(19-15-25)33(4,5)6/h7-21H,22-23H2,1-6H3/b26-20-,27-21+. The highest BCUT2D eigenvalue weighted by Crippen LogP contribution is 2.29. The normalized spacial score (nSPS) is 17.8. The topological polar surface area (TPSA) is 54.5 Å². The lowest BCUT2D eigenvalue weighted by atomic mass is 9.86. The summed E-state index contributed by atoms with van der Waals surface area (Å²) < 4.78 is 28.5. The molecule has 38 heavy (non-hydrogen) atoms. The highest BCUT2D eigenvalue weighted by atomic mass is 32.2. The molecule has 0 spiro atoms. The van der Waals surface area contributed by atoms with Crippen LogP contribution in [-0.4, -0.2) is 31.6 Å². The van der Waals surface area contributed by atoms with Crippen LogP contribution in [0.25, 0.3) is 12.2 Å². The molecule has 0 atom stereocenters. The maximum Gasteiger partial charge on any atom is 0.243 e. The van der Waals surface area contributed by atoms with Crippen molar-refractivity contribution >= 4 is 28.0 Å². The Labute approximate surface area is 227 Å². The van der Waals surface area contributed by atoms with Gasteiger partial charge >= 0.3 is 0 Å². The van der Waals surface area contributed by atoms with Gasteiger partial charge in [0.15, 0.2) is 5.78 Å². The first-order chi connectivity index (χ1) is 17.7. The van der Waals surface area contributed by atoms with Crippen LogP contribution in [0.4, 0.5) is 0 Å². The molecule has 0 unspecified atom stereocenters. The molecule has 3 aromatic carbocycles. The Hall–Kier alpha value is -3.28. The van der Waals surface area contributed by atoms with Gasteiger partial charge in [-0.15, -0.1) is 0 Å². The second-order valence-electron chi connectivity index (χ2n) is 12.0. The molecule has 4 rings (SSSR count). The van der Waals surface area contributed by atoms with Crippen LogP contribution in [0.1, 0.15) is 63.8 Å². The fourth-order valence-electron chi connectivity index (χ4n) is 4.48. The van der Waals surface area contributed by atoms with E-state index in [1.54, 1.807) is 30.3 Å². The Kier molecular flexibility index (Phi) is 7.64. The van der Waals surface area contributed by atoms with Crippen LogP contribution in [0.3, 0.4) is 0 Å².